The summed E-state index contributed by atoms with van der Waals surface area (Å²) in [7, 11) is -2.11. The molecule has 6 heteroatoms. The molecule has 1 atom stereocenters. The first-order chi connectivity index (χ1) is 9.59. The van der Waals surface area contributed by atoms with Crippen LogP contribution in [-0.2, 0) is 14.8 Å². The fourth-order valence-electron chi connectivity index (χ4n) is 2.32. The molecule has 120 valence electrons. The molecule has 1 unspecified atom stereocenters. The van der Waals surface area contributed by atoms with Crippen LogP contribution >= 0.6 is 0 Å². The van der Waals surface area contributed by atoms with Gasteiger partial charge >= 0.3 is 0 Å². The Morgan fingerprint density at radius 2 is 1.76 bits per heavy atom. The Kier molecular flexibility index (Phi) is 5.92. The first kappa shape index (κ1) is 18.1. The molecule has 0 fully saturated rings. The molecule has 1 rings (SSSR count). The molecule has 0 aromatic heterocycles. The predicted octanol–water partition coefficient (Wildman–Crippen LogP) is 1.68. The van der Waals surface area contributed by atoms with Gasteiger partial charge in [-0.3, -0.25) is 0 Å². The van der Waals surface area contributed by atoms with Crippen molar-refractivity contribution in [3.63, 3.8) is 0 Å². The number of aryl methyl sites for hydroxylation is 3. The van der Waals surface area contributed by atoms with E-state index in [2.05, 4.69) is 4.72 Å². The van der Waals surface area contributed by atoms with Gasteiger partial charge in [0.25, 0.3) is 0 Å². The second-order valence-corrected chi connectivity index (χ2v) is 7.50. The van der Waals surface area contributed by atoms with Gasteiger partial charge in [-0.2, -0.15) is 0 Å². The Hall–Kier alpha value is -0.950. The fraction of sp³-hybridized carbons (Fsp3) is 0.600. The van der Waals surface area contributed by atoms with Crippen molar-refractivity contribution in [1.82, 2.24) is 4.72 Å². The monoisotopic (exact) mass is 315 g/mol. The van der Waals surface area contributed by atoms with Crippen LogP contribution in [-0.4, -0.2) is 39.4 Å². The van der Waals surface area contributed by atoms with Crippen molar-refractivity contribution in [2.45, 2.75) is 44.6 Å². The Morgan fingerprint density at radius 3 is 2.24 bits per heavy atom. The molecule has 0 bridgehead atoms. The molecule has 0 radical (unpaired) electrons. The summed E-state index contributed by atoms with van der Waals surface area (Å²) < 4.78 is 32.3. The number of hydrogen-bond donors (Lipinski definition) is 2. The zero-order chi connectivity index (χ0) is 16.3. The maximum Gasteiger partial charge on any atom is 0.241 e. The van der Waals surface area contributed by atoms with Gasteiger partial charge < -0.3 is 9.84 Å². The summed E-state index contributed by atoms with van der Waals surface area (Å²) >= 11 is 0. The molecular formula is C15H25NO4S. The number of hydrogen-bond acceptors (Lipinski definition) is 4. The molecule has 0 aliphatic rings. The van der Waals surface area contributed by atoms with Gasteiger partial charge in [0.05, 0.1) is 10.5 Å². The molecule has 5 nitrogen and oxygen atoms in total. The Balaban J connectivity index is 2.93. The summed E-state index contributed by atoms with van der Waals surface area (Å²) in [5, 5.41) is 10.1. The SMILES string of the molecule is COCCC(C)(O)CNS(=O)(=O)c1c(C)cc(C)cc1C. The molecule has 1 aromatic carbocycles. The van der Waals surface area contributed by atoms with Gasteiger partial charge in [-0.25, -0.2) is 13.1 Å². The van der Waals surface area contributed by atoms with Gasteiger partial charge in [0.1, 0.15) is 0 Å². The molecule has 0 spiro atoms. The Morgan fingerprint density at radius 1 is 1.24 bits per heavy atom. The van der Waals surface area contributed by atoms with Gasteiger partial charge in [-0.1, -0.05) is 17.7 Å². The van der Waals surface area contributed by atoms with E-state index in [9.17, 15) is 13.5 Å². The minimum absolute atomic E-state index is 0.0501. The average Bonchev–Trinajstić information content (AvgIpc) is 2.33. The first-order valence-corrected chi connectivity index (χ1v) is 8.36. The van der Waals surface area contributed by atoms with E-state index in [1.807, 2.05) is 19.1 Å². The van der Waals surface area contributed by atoms with Crippen LogP contribution in [0, 0.1) is 20.8 Å². The standard InChI is InChI=1S/C15H25NO4S/c1-11-8-12(2)14(13(3)9-11)21(18,19)16-10-15(4,17)6-7-20-5/h8-9,16-17H,6-7,10H2,1-5H3. The topological polar surface area (TPSA) is 75.6 Å². The largest absolute Gasteiger partial charge is 0.389 e. The first-order valence-electron chi connectivity index (χ1n) is 6.88. The van der Waals surface area contributed by atoms with Gasteiger partial charge in [0.15, 0.2) is 0 Å². The van der Waals surface area contributed by atoms with Gasteiger partial charge in [0.2, 0.25) is 10.0 Å². The lowest BCUT2D eigenvalue weighted by molar-refractivity contribution is 0.0292. The number of aliphatic hydroxyl groups is 1. The van der Waals surface area contributed by atoms with E-state index >= 15 is 0 Å². The van der Waals surface area contributed by atoms with Crippen molar-refractivity contribution in [1.29, 1.82) is 0 Å². The van der Waals surface area contributed by atoms with E-state index in [1.54, 1.807) is 27.9 Å². The highest BCUT2D eigenvalue weighted by molar-refractivity contribution is 7.89. The zero-order valence-corrected chi connectivity index (χ0v) is 14.2. The summed E-state index contributed by atoms with van der Waals surface area (Å²) in [6, 6.07) is 3.68. The van der Waals surface area contributed by atoms with Crippen molar-refractivity contribution in [3.8, 4) is 0 Å². The summed E-state index contributed by atoms with van der Waals surface area (Å²) in [5.74, 6) is 0. The highest BCUT2D eigenvalue weighted by atomic mass is 32.2. The lowest BCUT2D eigenvalue weighted by Gasteiger charge is -2.23. The van der Waals surface area contributed by atoms with E-state index in [0.29, 0.717) is 24.2 Å². The lowest BCUT2D eigenvalue weighted by Crippen LogP contribution is -2.41. The Bertz CT molecular complexity index is 571. The number of benzene rings is 1. The third kappa shape index (κ3) is 5.07. The third-order valence-electron chi connectivity index (χ3n) is 3.36. The van der Waals surface area contributed by atoms with Gasteiger partial charge in [-0.15, -0.1) is 0 Å². The van der Waals surface area contributed by atoms with E-state index in [0.717, 1.165) is 5.56 Å². The average molecular weight is 315 g/mol. The highest BCUT2D eigenvalue weighted by Gasteiger charge is 2.26. The van der Waals surface area contributed by atoms with Crippen LogP contribution in [0.5, 0.6) is 0 Å². The summed E-state index contributed by atoms with van der Waals surface area (Å²) in [4.78, 5) is 0.288. The Labute approximate surface area is 127 Å². The minimum Gasteiger partial charge on any atom is -0.389 e. The van der Waals surface area contributed by atoms with Crippen LogP contribution in [0.4, 0.5) is 0 Å². The predicted molar refractivity (Wildman–Crippen MR) is 83.0 cm³/mol. The molecule has 1 aromatic rings. The molecule has 0 saturated heterocycles. The van der Waals surface area contributed by atoms with E-state index in [1.165, 1.54) is 0 Å². The quantitative estimate of drug-likeness (QED) is 0.802. The third-order valence-corrected chi connectivity index (χ3v) is 5.07. The van der Waals surface area contributed by atoms with Crippen LogP contribution in [0.25, 0.3) is 0 Å². The van der Waals surface area contributed by atoms with E-state index in [4.69, 9.17) is 4.74 Å². The van der Waals surface area contributed by atoms with Crippen LogP contribution in [0.3, 0.4) is 0 Å². The van der Waals surface area contributed by atoms with Crippen molar-refractivity contribution >= 4 is 10.0 Å². The molecule has 2 N–H and O–H groups in total. The second kappa shape index (κ2) is 6.87. The van der Waals surface area contributed by atoms with E-state index < -0.39 is 15.6 Å². The van der Waals surface area contributed by atoms with Crippen molar-refractivity contribution < 1.29 is 18.3 Å². The maximum atomic E-state index is 12.5. The van der Waals surface area contributed by atoms with Crippen LogP contribution in [0.2, 0.25) is 0 Å². The summed E-state index contributed by atoms with van der Waals surface area (Å²) in [6.07, 6.45) is 0.359. The highest BCUT2D eigenvalue weighted by Crippen LogP contribution is 2.22. The van der Waals surface area contributed by atoms with Crippen LogP contribution < -0.4 is 4.72 Å². The van der Waals surface area contributed by atoms with Crippen molar-refractivity contribution in [2.24, 2.45) is 0 Å². The molecule has 0 aliphatic heterocycles. The number of rotatable bonds is 7. The van der Waals surface area contributed by atoms with Gasteiger partial charge in [-0.05, 0) is 38.8 Å². The number of ether oxygens (including phenoxy) is 1. The van der Waals surface area contributed by atoms with Crippen molar-refractivity contribution in [2.75, 3.05) is 20.3 Å². The number of sulfonamides is 1. The molecule has 0 amide bonds. The normalized spacial score (nSPS) is 15.0. The zero-order valence-electron chi connectivity index (χ0n) is 13.4. The van der Waals surface area contributed by atoms with Crippen LogP contribution in [0.15, 0.2) is 17.0 Å². The number of methoxy groups -OCH3 is 1. The molecule has 21 heavy (non-hydrogen) atoms. The number of nitrogens with one attached hydrogen (secondary N) is 1. The smallest absolute Gasteiger partial charge is 0.241 e. The van der Waals surface area contributed by atoms with Crippen molar-refractivity contribution in [3.05, 3.63) is 28.8 Å². The molecule has 0 aliphatic carbocycles. The van der Waals surface area contributed by atoms with E-state index in [-0.39, 0.29) is 11.4 Å². The fourth-order valence-corrected chi connectivity index (χ4v) is 3.93. The van der Waals surface area contributed by atoms with Crippen LogP contribution in [0.1, 0.15) is 30.0 Å². The van der Waals surface area contributed by atoms with Gasteiger partial charge in [0, 0.05) is 26.7 Å². The summed E-state index contributed by atoms with van der Waals surface area (Å²) in [6.45, 7) is 7.39. The molecular weight excluding hydrogens is 290 g/mol. The minimum atomic E-state index is -3.65. The lowest BCUT2D eigenvalue weighted by atomic mass is 10.0. The maximum absolute atomic E-state index is 12.5. The molecule has 0 heterocycles. The molecule has 0 saturated carbocycles. The summed E-state index contributed by atoms with van der Waals surface area (Å²) in [5.41, 5.74) is 1.29. The second-order valence-electron chi connectivity index (χ2n) is 5.79.